The Bertz CT molecular complexity index is 1070. The Balaban J connectivity index is 1.47. The summed E-state index contributed by atoms with van der Waals surface area (Å²) < 4.78 is 3.11. The first kappa shape index (κ1) is 19.2. The predicted octanol–water partition coefficient (Wildman–Crippen LogP) is 2.06. The number of hydrogen-bond donors (Lipinski definition) is 0. The van der Waals surface area contributed by atoms with Crippen LogP contribution in [0.25, 0.3) is 5.69 Å². The number of nitrogens with zero attached hydrogens (tertiary/aromatic N) is 6. The van der Waals surface area contributed by atoms with Crippen LogP contribution in [-0.4, -0.2) is 56.5 Å². The molecular weight excluding hydrogens is 392 g/mol. The second-order valence-corrected chi connectivity index (χ2v) is 7.19. The van der Waals surface area contributed by atoms with Gasteiger partial charge in [0, 0.05) is 50.0 Å². The summed E-state index contributed by atoms with van der Waals surface area (Å²) in [7, 11) is 0. The van der Waals surface area contributed by atoms with E-state index in [4.69, 9.17) is 11.6 Å². The molecule has 0 saturated carbocycles. The third-order valence-corrected chi connectivity index (χ3v) is 5.18. The molecule has 0 bridgehead atoms. The van der Waals surface area contributed by atoms with E-state index in [1.165, 1.54) is 10.7 Å². The van der Waals surface area contributed by atoms with Gasteiger partial charge in [-0.2, -0.15) is 9.78 Å². The zero-order valence-corrected chi connectivity index (χ0v) is 16.8. The minimum absolute atomic E-state index is 0.0593. The molecule has 3 aromatic rings. The Morgan fingerprint density at radius 2 is 1.72 bits per heavy atom. The zero-order valence-electron chi connectivity index (χ0n) is 16.0. The molecule has 0 unspecified atom stereocenters. The van der Waals surface area contributed by atoms with Crippen LogP contribution in [0.2, 0.25) is 5.02 Å². The topological polar surface area (TPSA) is 76.3 Å². The molecule has 1 amide bonds. The van der Waals surface area contributed by atoms with E-state index in [1.807, 2.05) is 13.1 Å². The van der Waals surface area contributed by atoms with Crippen LogP contribution in [-0.2, 0) is 6.54 Å². The van der Waals surface area contributed by atoms with E-state index in [0.29, 0.717) is 48.4 Å². The number of carbonyl (C=O) groups is 1. The van der Waals surface area contributed by atoms with Crippen molar-refractivity contribution in [2.45, 2.75) is 13.5 Å². The maximum Gasteiger partial charge on any atom is 0.274 e. The highest BCUT2D eigenvalue weighted by atomic mass is 35.5. The molecule has 1 saturated heterocycles. The number of amides is 1. The van der Waals surface area contributed by atoms with Crippen LogP contribution >= 0.6 is 11.6 Å². The molecule has 1 aliphatic heterocycles. The first-order chi connectivity index (χ1) is 14.0. The molecule has 8 nitrogen and oxygen atoms in total. The average Bonchev–Trinajstić information content (AvgIpc) is 3.24. The lowest BCUT2D eigenvalue weighted by atomic mass is 10.2. The molecule has 1 fully saturated rings. The van der Waals surface area contributed by atoms with E-state index < -0.39 is 0 Å². The van der Waals surface area contributed by atoms with Crippen molar-refractivity contribution >= 4 is 23.3 Å². The molecule has 0 spiro atoms. The number of piperazine rings is 1. The summed E-state index contributed by atoms with van der Waals surface area (Å²) in [6.07, 6.45) is 1.81. The predicted molar refractivity (Wildman–Crippen MR) is 111 cm³/mol. The van der Waals surface area contributed by atoms with Crippen molar-refractivity contribution in [2.24, 2.45) is 0 Å². The van der Waals surface area contributed by atoms with Gasteiger partial charge in [0.2, 0.25) is 0 Å². The normalized spacial score (nSPS) is 14.3. The van der Waals surface area contributed by atoms with Crippen LogP contribution in [0.1, 0.15) is 17.4 Å². The Morgan fingerprint density at radius 3 is 2.38 bits per heavy atom. The van der Waals surface area contributed by atoms with E-state index in [2.05, 4.69) is 15.1 Å². The first-order valence-electron chi connectivity index (χ1n) is 9.49. The van der Waals surface area contributed by atoms with Crippen LogP contribution in [0, 0.1) is 0 Å². The number of rotatable bonds is 4. The van der Waals surface area contributed by atoms with Crippen molar-refractivity contribution < 1.29 is 4.79 Å². The second kappa shape index (κ2) is 8.08. The Hall–Kier alpha value is -3.13. The largest absolute Gasteiger partial charge is 0.352 e. The van der Waals surface area contributed by atoms with Gasteiger partial charge in [-0.05, 0) is 43.3 Å². The molecule has 0 N–H and O–H groups in total. The smallest absolute Gasteiger partial charge is 0.274 e. The fraction of sp³-hybridized carbons (Fsp3) is 0.300. The SMILES string of the molecule is CCn1ccc(C(=O)N2CCN(c3ccc(=O)n(-c4ccc(Cl)cc4)n3)CC2)n1. The number of aryl methyl sites for hydroxylation is 1. The highest BCUT2D eigenvalue weighted by Crippen LogP contribution is 2.16. The van der Waals surface area contributed by atoms with E-state index in [0.717, 1.165) is 6.54 Å². The number of halogens is 1. The molecule has 9 heteroatoms. The fourth-order valence-electron chi connectivity index (χ4n) is 3.29. The third kappa shape index (κ3) is 4.02. The quantitative estimate of drug-likeness (QED) is 0.655. The van der Waals surface area contributed by atoms with Gasteiger partial charge in [0.25, 0.3) is 11.5 Å². The molecular formula is C20H21ClN6O2. The number of aromatic nitrogens is 4. The molecule has 150 valence electrons. The zero-order chi connectivity index (χ0) is 20.4. The molecule has 1 aliphatic rings. The number of benzene rings is 1. The third-order valence-electron chi connectivity index (χ3n) is 4.93. The summed E-state index contributed by atoms with van der Waals surface area (Å²) in [5.74, 6) is 0.637. The number of hydrogen-bond acceptors (Lipinski definition) is 5. The molecule has 29 heavy (non-hydrogen) atoms. The van der Waals surface area contributed by atoms with E-state index in [9.17, 15) is 9.59 Å². The summed E-state index contributed by atoms with van der Waals surface area (Å²) in [5.41, 5.74) is 0.910. The number of carbonyl (C=O) groups excluding carboxylic acids is 1. The van der Waals surface area contributed by atoms with Gasteiger partial charge in [-0.1, -0.05) is 11.6 Å². The van der Waals surface area contributed by atoms with Crippen LogP contribution in [0.4, 0.5) is 5.82 Å². The van der Waals surface area contributed by atoms with E-state index in [-0.39, 0.29) is 11.5 Å². The van der Waals surface area contributed by atoms with Crippen molar-refractivity contribution in [1.82, 2.24) is 24.5 Å². The van der Waals surface area contributed by atoms with Gasteiger partial charge in [0.05, 0.1) is 5.69 Å². The molecule has 0 aliphatic carbocycles. The lowest BCUT2D eigenvalue weighted by Crippen LogP contribution is -2.49. The number of anilines is 1. The van der Waals surface area contributed by atoms with Gasteiger partial charge < -0.3 is 9.80 Å². The van der Waals surface area contributed by atoms with Crippen molar-refractivity contribution in [3.8, 4) is 5.69 Å². The van der Waals surface area contributed by atoms with Gasteiger partial charge in [-0.25, -0.2) is 0 Å². The second-order valence-electron chi connectivity index (χ2n) is 6.75. The highest BCUT2D eigenvalue weighted by Gasteiger charge is 2.24. The lowest BCUT2D eigenvalue weighted by Gasteiger charge is -2.35. The Morgan fingerprint density at radius 1 is 1.00 bits per heavy atom. The van der Waals surface area contributed by atoms with E-state index in [1.54, 1.807) is 46.0 Å². The first-order valence-corrected chi connectivity index (χ1v) is 9.87. The minimum atomic E-state index is -0.212. The van der Waals surface area contributed by atoms with Crippen LogP contribution in [0.3, 0.4) is 0 Å². The Labute approximate surface area is 172 Å². The average molecular weight is 413 g/mol. The lowest BCUT2D eigenvalue weighted by molar-refractivity contribution is 0.0739. The standard InChI is InChI=1S/C20H21ClN6O2/c1-2-26-10-9-17(22-26)20(29)25-13-11-24(12-14-25)18-7-8-19(28)27(23-18)16-5-3-15(21)4-6-16/h3-10H,2,11-14H2,1H3. The molecule has 3 heterocycles. The summed E-state index contributed by atoms with van der Waals surface area (Å²) in [6, 6.07) is 11.9. The van der Waals surface area contributed by atoms with Crippen LogP contribution in [0.15, 0.2) is 53.5 Å². The molecule has 4 rings (SSSR count). The van der Waals surface area contributed by atoms with Crippen molar-refractivity contribution in [1.29, 1.82) is 0 Å². The molecule has 0 radical (unpaired) electrons. The Kier molecular flexibility index (Phi) is 5.35. The van der Waals surface area contributed by atoms with Crippen molar-refractivity contribution in [3.63, 3.8) is 0 Å². The van der Waals surface area contributed by atoms with Gasteiger partial charge in [0.1, 0.15) is 11.5 Å². The maximum absolute atomic E-state index is 12.6. The van der Waals surface area contributed by atoms with E-state index >= 15 is 0 Å². The van der Waals surface area contributed by atoms with Crippen molar-refractivity contribution in [2.75, 3.05) is 31.1 Å². The van der Waals surface area contributed by atoms with Gasteiger partial charge in [-0.3, -0.25) is 14.3 Å². The van der Waals surface area contributed by atoms with Gasteiger partial charge in [-0.15, -0.1) is 5.10 Å². The summed E-state index contributed by atoms with van der Waals surface area (Å²) in [6.45, 7) is 5.11. The van der Waals surface area contributed by atoms with Gasteiger partial charge in [0.15, 0.2) is 0 Å². The van der Waals surface area contributed by atoms with Crippen LogP contribution < -0.4 is 10.5 Å². The minimum Gasteiger partial charge on any atom is -0.352 e. The summed E-state index contributed by atoms with van der Waals surface area (Å²) >= 11 is 5.93. The molecule has 2 aromatic heterocycles. The highest BCUT2D eigenvalue weighted by molar-refractivity contribution is 6.30. The van der Waals surface area contributed by atoms with Crippen LogP contribution in [0.5, 0.6) is 0 Å². The molecule has 0 atom stereocenters. The maximum atomic E-state index is 12.6. The molecule has 1 aromatic carbocycles. The fourth-order valence-corrected chi connectivity index (χ4v) is 3.42. The van der Waals surface area contributed by atoms with Gasteiger partial charge >= 0.3 is 0 Å². The summed E-state index contributed by atoms with van der Waals surface area (Å²) in [4.78, 5) is 28.8. The summed E-state index contributed by atoms with van der Waals surface area (Å²) in [5, 5.41) is 9.40. The van der Waals surface area contributed by atoms with Crippen molar-refractivity contribution in [3.05, 3.63) is 69.7 Å². The monoisotopic (exact) mass is 412 g/mol.